The summed E-state index contributed by atoms with van der Waals surface area (Å²) in [6.07, 6.45) is 3.24. The predicted molar refractivity (Wildman–Crippen MR) is 50.8 cm³/mol. The summed E-state index contributed by atoms with van der Waals surface area (Å²) in [7, 11) is 0. The molecule has 3 nitrogen and oxygen atoms in total. The molecule has 0 amide bonds. The van der Waals surface area contributed by atoms with Gasteiger partial charge in [0.15, 0.2) is 0 Å². The standard InChI is InChI=1S/C8H13BrN2O/c1-2-3-4-7-10-6(5-12)8(9)11-7/h12H,2-5H2,1H3,(H,10,11). The Morgan fingerprint density at radius 2 is 2.33 bits per heavy atom. The van der Waals surface area contributed by atoms with Crippen molar-refractivity contribution >= 4 is 15.9 Å². The van der Waals surface area contributed by atoms with Crippen molar-refractivity contribution in [1.29, 1.82) is 0 Å². The van der Waals surface area contributed by atoms with E-state index in [1.54, 1.807) is 0 Å². The lowest BCUT2D eigenvalue weighted by atomic mass is 10.2. The van der Waals surface area contributed by atoms with Crippen molar-refractivity contribution in [3.63, 3.8) is 0 Å². The van der Waals surface area contributed by atoms with Crippen molar-refractivity contribution in [2.24, 2.45) is 0 Å². The Balaban J connectivity index is 2.62. The van der Waals surface area contributed by atoms with Gasteiger partial charge in [-0.1, -0.05) is 13.3 Å². The molecule has 0 radical (unpaired) electrons. The summed E-state index contributed by atoms with van der Waals surface area (Å²) in [6, 6.07) is 0. The van der Waals surface area contributed by atoms with E-state index in [-0.39, 0.29) is 6.61 Å². The van der Waals surface area contributed by atoms with Crippen molar-refractivity contribution in [2.45, 2.75) is 32.8 Å². The van der Waals surface area contributed by atoms with Crippen LogP contribution in [0, 0.1) is 0 Å². The molecule has 0 atom stereocenters. The van der Waals surface area contributed by atoms with Gasteiger partial charge in [0, 0.05) is 6.42 Å². The quantitative estimate of drug-likeness (QED) is 0.835. The molecular formula is C8H13BrN2O. The minimum absolute atomic E-state index is 0.0136. The molecular weight excluding hydrogens is 220 g/mol. The van der Waals surface area contributed by atoms with Gasteiger partial charge in [0.1, 0.15) is 10.4 Å². The molecule has 0 aliphatic rings. The van der Waals surface area contributed by atoms with Crippen LogP contribution in [-0.4, -0.2) is 15.1 Å². The van der Waals surface area contributed by atoms with E-state index in [1.165, 1.54) is 0 Å². The molecule has 0 saturated heterocycles. The Kier molecular flexibility index (Phi) is 3.75. The van der Waals surface area contributed by atoms with Crippen LogP contribution in [0.15, 0.2) is 4.60 Å². The van der Waals surface area contributed by atoms with Crippen LogP contribution in [-0.2, 0) is 13.0 Å². The van der Waals surface area contributed by atoms with Crippen LogP contribution in [0.1, 0.15) is 31.3 Å². The molecule has 0 aliphatic heterocycles. The number of unbranched alkanes of at least 4 members (excludes halogenated alkanes) is 1. The zero-order chi connectivity index (χ0) is 8.97. The van der Waals surface area contributed by atoms with E-state index in [2.05, 4.69) is 32.8 Å². The molecule has 0 aromatic carbocycles. The van der Waals surface area contributed by atoms with Crippen LogP contribution < -0.4 is 0 Å². The fourth-order valence-electron chi connectivity index (χ4n) is 1.01. The first-order valence-corrected chi connectivity index (χ1v) is 4.91. The van der Waals surface area contributed by atoms with Crippen molar-refractivity contribution in [2.75, 3.05) is 0 Å². The summed E-state index contributed by atoms with van der Waals surface area (Å²) in [6.45, 7) is 2.16. The number of nitrogens with one attached hydrogen (secondary N) is 1. The highest BCUT2D eigenvalue weighted by Gasteiger charge is 2.05. The molecule has 1 aromatic heterocycles. The largest absolute Gasteiger partial charge is 0.390 e. The highest BCUT2D eigenvalue weighted by molar-refractivity contribution is 9.10. The smallest absolute Gasteiger partial charge is 0.129 e. The highest BCUT2D eigenvalue weighted by atomic mass is 79.9. The summed E-state index contributed by atoms with van der Waals surface area (Å²) < 4.78 is 0.733. The first-order chi connectivity index (χ1) is 5.77. The third kappa shape index (κ3) is 2.32. The fraction of sp³-hybridized carbons (Fsp3) is 0.625. The van der Waals surface area contributed by atoms with Gasteiger partial charge in [0.2, 0.25) is 0 Å². The number of aromatic amines is 1. The maximum atomic E-state index is 8.86. The molecule has 0 unspecified atom stereocenters. The Hall–Kier alpha value is -0.350. The van der Waals surface area contributed by atoms with Crippen molar-refractivity contribution in [3.05, 3.63) is 16.1 Å². The van der Waals surface area contributed by atoms with Gasteiger partial charge in [-0.2, -0.15) is 0 Å². The zero-order valence-electron chi connectivity index (χ0n) is 7.10. The van der Waals surface area contributed by atoms with E-state index in [9.17, 15) is 0 Å². The molecule has 68 valence electrons. The fourth-order valence-corrected chi connectivity index (χ4v) is 1.45. The third-order valence-corrected chi connectivity index (χ3v) is 2.36. The molecule has 1 heterocycles. The number of aliphatic hydroxyl groups is 1. The van der Waals surface area contributed by atoms with Gasteiger partial charge in [-0.3, -0.25) is 0 Å². The molecule has 12 heavy (non-hydrogen) atoms. The van der Waals surface area contributed by atoms with Gasteiger partial charge < -0.3 is 10.1 Å². The van der Waals surface area contributed by atoms with Crippen molar-refractivity contribution in [1.82, 2.24) is 9.97 Å². The van der Waals surface area contributed by atoms with Crippen LogP contribution in [0.3, 0.4) is 0 Å². The van der Waals surface area contributed by atoms with Gasteiger partial charge in [-0.25, -0.2) is 4.98 Å². The molecule has 4 heteroatoms. The number of imidazole rings is 1. The number of H-pyrrole nitrogens is 1. The van der Waals surface area contributed by atoms with E-state index >= 15 is 0 Å². The number of aliphatic hydroxyl groups excluding tert-OH is 1. The van der Waals surface area contributed by atoms with E-state index in [4.69, 9.17) is 5.11 Å². The lowest BCUT2D eigenvalue weighted by Crippen LogP contribution is -1.88. The second-order valence-electron chi connectivity index (χ2n) is 2.71. The minimum atomic E-state index is 0.0136. The van der Waals surface area contributed by atoms with Gasteiger partial charge in [-0.15, -0.1) is 0 Å². The molecule has 1 aromatic rings. The molecule has 1 rings (SSSR count). The van der Waals surface area contributed by atoms with E-state index in [0.29, 0.717) is 0 Å². The van der Waals surface area contributed by atoms with Crippen LogP contribution >= 0.6 is 15.9 Å². The second kappa shape index (κ2) is 4.62. The number of hydrogen-bond acceptors (Lipinski definition) is 2. The third-order valence-electron chi connectivity index (χ3n) is 1.70. The monoisotopic (exact) mass is 232 g/mol. The first kappa shape index (κ1) is 9.74. The Morgan fingerprint density at radius 3 is 2.83 bits per heavy atom. The highest BCUT2D eigenvalue weighted by Crippen LogP contribution is 2.14. The van der Waals surface area contributed by atoms with Crippen LogP contribution in [0.5, 0.6) is 0 Å². The number of nitrogens with zero attached hydrogens (tertiary/aromatic N) is 1. The summed E-state index contributed by atoms with van der Waals surface area (Å²) >= 11 is 3.27. The number of rotatable bonds is 4. The Morgan fingerprint density at radius 1 is 1.58 bits per heavy atom. The maximum absolute atomic E-state index is 8.86. The number of aryl methyl sites for hydroxylation is 1. The normalized spacial score (nSPS) is 10.6. The summed E-state index contributed by atoms with van der Waals surface area (Å²) in [5, 5.41) is 8.86. The lowest BCUT2D eigenvalue weighted by molar-refractivity contribution is 0.276. The molecule has 0 aliphatic carbocycles. The molecule has 0 spiro atoms. The van der Waals surface area contributed by atoms with Crippen LogP contribution in [0.4, 0.5) is 0 Å². The Labute approximate surface area is 80.3 Å². The molecule has 0 bridgehead atoms. The topological polar surface area (TPSA) is 48.9 Å². The summed E-state index contributed by atoms with van der Waals surface area (Å²) in [5.41, 5.74) is 0.765. The zero-order valence-corrected chi connectivity index (χ0v) is 8.69. The predicted octanol–water partition coefficient (Wildman–Crippen LogP) is 2.01. The number of hydrogen-bond donors (Lipinski definition) is 2. The number of halogens is 1. The van der Waals surface area contributed by atoms with Gasteiger partial charge in [0.05, 0.1) is 12.3 Å². The molecule has 0 fully saturated rings. The van der Waals surface area contributed by atoms with Crippen molar-refractivity contribution in [3.8, 4) is 0 Å². The van der Waals surface area contributed by atoms with Gasteiger partial charge in [-0.05, 0) is 22.4 Å². The molecule has 0 saturated carbocycles. The van der Waals surface area contributed by atoms with Crippen molar-refractivity contribution < 1.29 is 5.11 Å². The first-order valence-electron chi connectivity index (χ1n) is 4.12. The average Bonchev–Trinajstić information content (AvgIpc) is 2.43. The minimum Gasteiger partial charge on any atom is -0.390 e. The maximum Gasteiger partial charge on any atom is 0.129 e. The SMILES string of the molecule is CCCCc1nc(Br)c(CO)[nH]1. The van der Waals surface area contributed by atoms with Gasteiger partial charge >= 0.3 is 0 Å². The number of aromatic nitrogens is 2. The van der Waals surface area contributed by atoms with E-state index < -0.39 is 0 Å². The second-order valence-corrected chi connectivity index (χ2v) is 3.47. The lowest BCUT2D eigenvalue weighted by Gasteiger charge is -1.91. The van der Waals surface area contributed by atoms with Gasteiger partial charge in [0.25, 0.3) is 0 Å². The molecule has 2 N–H and O–H groups in total. The summed E-state index contributed by atoms with van der Waals surface area (Å²) in [4.78, 5) is 7.28. The summed E-state index contributed by atoms with van der Waals surface area (Å²) in [5.74, 6) is 0.952. The van der Waals surface area contributed by atoms with E-state index in [0.717, 1.165) is 35.4 Å². The van der Waals surface area contributed by atoms with Crippen LogP contribution in [0.2, 0.25) is 0 Å². The average molecular weight is 233 g/mol. The van der Waals surface area contributed by atoms with Crippen LogP contribution in [0.25, 0.3) is 0 Å². The van der Waals surface area contributed by atoms with E-state index in [1.807, 2.05) is 0 Å². The Bertz CT molecular complexity index is 247.